The lowest BCUT2D eigenvalue weighted by molar-refractivity contribution is -0.145. The van der Waals surface area contributed by atoms with Crippen LogP contribution >= 0.6 is 0 Å². The Morgan fingerprint density at radius 1 is 1.56 bits per heavy atom. The van der Waals surface area contributed by atoms with Crippen molar-refractivity contribution >= 4 is 11.7 Å². The number of nitriles is 1. The molecule has 0 saturated heterocycles. The molecule has 1 aromatic heterocycles. The lowest BCUT2D eigenvalue weighted by atomic mass is 10.1. The zero-order chi connectivity index (χ0) is 13.0. The first kappa shape index (κ1) is 12.4. The van der Waals surface area contributed by atoms with Gasteiger partial charge in [0.1, 0.15) is 11.8 Å². The summed E-state index contributed by atoms with van der Waals surface area (Å²) in [5.74, 6) is -0.129. The van der Waals surface area contributed by atoms with Gasteiger partial charge in [0.2, 0.25) is 0 Å². The van der Waals surface area contributed by atoms with E-state index in [0.29, 0.717) is 5.69 Å². The molecule has 5 heteroatoms. The van der Waals surface area contributed by atoms with Crippen molar-refractivity contribution in [2.24, 2.45) is 5.92 Å². The Kier molecular flexibility index (Phi) is 3.78. The summed E-state index contributed by atoms with van der Waals surface area (Å²) < 4.78 is 4.75. The standard InChI is InChI=1S/C13H15N3O2/c1-18-13(17)9-2-3-10(6-9)16-12-5-4-11(7-14)15-8-12/h4-5,8-10,16H,2-3,6H2,1H3/t9-,10+/m0/s1. The largest absolute Gasteiger partial charge is 0.469 e. The van der Waals surface area contributed by atoms with Gasteiger partial charge in [-0.1, -0.05) is 0 Å². The number of aromatic nitrogens is 1. The van der Waals surface area contributed by atoms with E-state index in [2.05, 4.69) is 10.3 Å². The van der Waals surface area contributed by atoms with Gasteiger partial charge in [-0.25, -0.2) is 4.98 Å². The van der Waals surface area contributed by atoms with Crippen molar-refractivity contribution < 1.29 is 9.53 Å². The van der Waals surface area contributed by atoms with E-state index < -0.39 is 0 Å². The van der Waals surface area contributed by atoms with Crippen molar-refractivity contribution in [3.63, 3.8) is 0 Å². The van der Waals surface area contributed by atoms with Crippen LogP contribution in [0.15, 0.2) is 18.3 Å². The molecule has 1 fully saturated rings. The number of anilines is 1. The molecule has 18 heavy (non-hydrogen) atoms. The third-order valence-corrected chi connectivity index (χ3v) is 3.22. The monoisotopic (exact) mass is 245 g/mol. The van der Waals surface area contributed by atoms with E-state index in [4.69, 9.17) is 10.00 Å². The van der Waals surface area contributed by atoms with Gasteiger partial charge in [0, 0.05) is 6.04 Å². The Bertz CT molecular complexity index is 464. The minimum atomic E-state index is -0.128. The van der Waals surface area contributed by atoms with Crippen LogP contribution in [0.3, 0.4) is 0 Å². The number of carbonyl (C=O) groups excluding carboxylic acids is 1. The predicted octanol–water partition coefficient (Wildman–Crippen LogP) is 1.71. The highest BCUT2D eigenvalue weighted by Gasteiger charge is 2.30. The average Bonchev–Trinajstić information content (AvgIpc) is 2.87. The number of carbonyl (C=O) groups is 1. The van der Waals surface area contributed by atoms with E-state index in [-0.39, 0.29) is 17.9 Å². The van der Waals surface area contributed by atoms with Gasteiger partial charge in [-0.2, -0.15) is 5.26 Å². The first-order valence-corrected chi connectivity index (χ1v) is 5.93. The molecule has 0 unspecified atom stereocenters. The van der Waals surface area contributed by atoms with Gasteiger partial charge in [-0.05, 0) is 31.4 Å². The molecule has 0 spiro atoms. The third kappa shape index (κ3) is 2.77. The fourth-order valence-electron chi connectivity index (χ4n) is 2.27. The molecule has 2 rings (SSSR count). The number of esters is 1. The SMILES string of the molecule is COC(=O)[C@H]1CC[C@@H](Nc2ccc(C#N)nc2)C1. The van der Waals surface area contributed by atoms with E-state index in [9.17, 15) is 4.79 Å². The minimum Gasteiger partial charge on any atom is -0.469 e. The number of hydrogen-bond donors (Lipinski definition) is 1. The summed E-state index contributed by atoms with van der Waals surface area (Å²) >= 11 is 0. The number of ether oxygens (including phenoxy) is 1. The zero-order valence-corrected chi connectivity index (χ0v) is 10.2. The molecule has 1 saturated carbocycles. The third-order valence-electron chi connectivity index (χ3n) is 3.22. The van der Waals surface area contributed by atoms with Gasteiger partial charge in [0.15, 0.2) is 0 Å². The Hall–Kier alpha value is -2.09. The number of methoxy groups -OCH3 is 1. The van der Waals surface area contributed by atoms with Crippen LogP contribution in [-0.4, -0.2) is 24.1 Å². The molecule has 2 atom stereocenters. The molecular formula is C13H15N3O2. The zero-order valence-electron chi connectivity index (χ0n) is 10.2. The second-order valence-corrected chi connectivity index (χ2v) is 4.42. The summed E-state index contributed by atoms with van der Waals surface area (Å²) in [4.78, 5) is 15.4. The molecule has 0 radical (unpaired) electrons. The molecule has 0 aliphatic heterocycles. The maximum absolute atomic E-state index is 11.4. The average molecular weight is 245 g/mol. The Labute approximate surface area is 106 Å². The number of nitrogens with zero attached hydrogens (tertiary/aromatic N) is 2. The molecule has 0 bridgehead atoms. The highest BCUT2D eigenvalue weighted by molar-refractivity contribution is 5.72. The van der Waals surface area contributed by atoms with Crippen LogP contribution in [-0.2, 0) is 9.53 Å². The van der Waals surface area contributed by atoms with Crippen molar-refractivity contribution in [3.8, 4) is 6.07 Å². The molecule has 0 aromatic carbocycles. The molecule has 1 aromatic rings. The lowest BCUT2D eigenvalue weighted by Gasteiger charge is -2.13. The summed E-state index contributed by atoms with van der Waals surface area (Å²) in [6.07, 6.45) is 4.23. The smallest absolute Gasteiger partial charge is 0.308 e. The van der Waals surface area contributed by atoms with Crippen LogP contribution in [0.2, 0.25) is 0 Å². The van der Waals surface area contributed by atoms with Crippen molar-refractivity contribution in [2.45, 2.75) is 25.3 Å². The van der Waals surface area contributed by atoms with Crippen molar-refractivity contribution in [3.05, 3.63) is 24.0 Å². The topological polar surface area (TPSA) is 75.0 Å². The number of nitrogens with one attached hydrogen (secondary N) is 1. The second-order valence-electron chi connectivity index (χ2n) is 4.42. The summed E-state index contributed by atoms with van der Waals surface area (Å²) in [5, 5.41) is 12.0. The maximum Gasteiger partial charge on any atom is 0.308 e. The summed E-state index contributed by atoms with van der Waals surface area (Å²) in [6, 6.07) is 5.75. The van der Waals surface area contributed by atoms with Crippen molar-refractivity contribution in [2.75, 3.05) is 12.4 Å². The lowest BCUT2D eigenvalue weighted by Crippen LogP contribution is -2.18. The quantitative estimate of drug-likeness (QED) is 0.820. The first-order valence-electron chi connectivity index (χ1n) is 5.93. The van der Waals surface area contributed by atoms with E-state index in [1.165, 1.54) is 7.11 Å². The predicted molar refractivity (Wildman–Crippen MR) is 65.7 cm³/mol. The van der Waals surface area contributed by atoms with E-state index in [0.717, 1.165) is 24.9 Å². The van der Waals surface area contributed by atoms with Crippen LogP contribution in [0.1, 0.15) is 25.0 Å². The van der Waals surface area contributed by atoms with Crippen LogP contribution in [0, 0.1) is 17.2 Å². The minimum absolute atomic E-state index is 0.00107. The fraction of sp³-hybridized carbons (Fsp3) is 0.462. The maximum atomic E-state index is 11.4. The molecule has 1 N–H and O–H groups in total. The molecular weight excluding hydrogens is 230 g/mol. The molecule has 1 aliphatic carbocycles. The number of hydrogen-bond acceptors (Lipinski definition) is 5. The van der Waals surface area contributed by atoms with Gasteiger partial charge in [0.05, 0.1) is 24.9 Å². The van der Waals surface area contributed by atoms with Gasteiger partial charge in [-0.15, -0.1) is 0 Å². The molecule has 94 valence electrons. The summed E-state index contributed by atoms with van der Waals surface area (Å²) in [7, 11) is 1.42. The van der Waals surface area contributed by atoms with Crippen LogP contribution in [0.25, 0.3) is 0 Å². The second kappa shape index (κ2) is 5.50. The summed E-state index contributed by atoms with van der Waals surface area (Å²) in [6.45, 7) is 0. The number of rotatable bonds is 3. The van der Waals surface area contributed by atoms with Gasteiger partial charge < -0.3 is 10.1 Å². The Balaban J connectivity index is 1.91. The van der Waals surface area contributed by atoms with Crippen LogP contribution < -0.4 is 5.32 Å². The van der Waals surface area contributed by atoms with Gasteiger partial charge >= 0.3 is 5.97 Å². The number of pyridine rings is 1. The van der Waals surface area contributed by atoms with E-state index in [1.807, 2.05) is 12.1 Å². The van der Waals surface area contributed by atoms with Crippen LogP contribution in [0.5, 0.6) is 0 Å². The van der Waals surface area contributed by atoms with Crippen molar-refractivity contribution in [1.82, 2.24) is 4.98 Å². The fourth-order valence-corrected chi connectivity index (χ4v) is 2.27. The molecule has 1 aliphatic rings. The highest BCUT2D eigenvalue weighted by atomic mass is 16.5. The Morgan fingerprint density at radius 2 is 2.39 bits per heavy atom. The molecule has 0 amide bonds. The van der Waals surface area contributed by atoms with Gasteiger partial charge in [-0.3, -0.25) is 4.79 Å². The van der Waals surface area contributed by atoms with Crippen molar-refractivity contribution in [1.29, 1.82) is 5.26 Å². The Morgan fingerprint density at radius 3 is 3.00 bits per heavy atom. The van der Waals surface area contributed by atoms with E-state index in [1.54, 1.807) is 12.3 Å². The molecule has 5 nitrogen and oxygen atoms in total. The van der Waals surface area contributed by atoms with Crippen LogP contribution in [0.4, 0.5) is 5.69 Å². The molecule has 1 heterocycles. The van der Waals surface area contributed by atoms with E-state index >= 15 is 0 Å². The normalized spacial score (nSPS) is 22.2. The highest BCUT2D eigenvalue weighted by Crippen LogP contribution is 2.28. The van der Waals surface area contributed by atoms with Gasteiger partial charge in [0.25, 0.3) is 0 Å². The first-order chi connectivity index (χ1) is 8.72. The summed E-state index contributed by atoms with van der Waals surface area (Å²) in [5.41, 5.74) is 1.28.